The third kappa shape index (κ3) is 6.10. The van der Waals surface area contributed by atoms with Crippen LogP contribution in [0.25, 0.3) is 6.08 Å². The van der Waals surface area contributed by atoms with Crippen molar-refractivity contribution in [3.63, 3.8) is 0 Å². The smallest absolute Gasteiger partial charge is 0.338 e. The Balaban J connectivity index is 1.60. The van der Waals surface area contributed by atoms with E-state index in [2.05, 4.69) is 5.32 Å². The number of urea groups is 1. The van der Waals surface area contributed by atoms with E-state index >= 15 is 0 Å². The SMILES string of the molecule is CCOC(=O)c1ccc(N2C(=O)NC(=O)/C(=C\c3cc(Cl)c(OCc4cccc(C)c4)c(OC)c3)C2=O)cc1. The molecule has 0 atom stereocenters. The van der Waals surface area contributed by atoms with E-state index in [9.17, 15) is 19.2 Å². The molecule has 0 aromatic heterocycles. The number of amides is 4. The van der Waals surface area contributed by atoms with Crippen molar-refractivity contribution in [1.29, 1.82) is 0 Å². The summed E-state index contributed by atoms with van der Waals surface area (Å²) in [5.41, 5.74) is 2.54. The second-order valence-electron chi connectivity index (χ2n) is 8.54. The molecule has 4 amide bonds. The zero-order chi connectivity index (χ0) is 28.1. The number of hydrogen-bond donors (Lipinski definition) is 1. The highest BCUT2D eigenvalue weighted by Gasteiger charge is 2.37. The van der Waals surface area contributed by atoms with E-state index in [1.54, 1.807) is 13.0 Å². The molecular formula is C29H25ClN2O7. The van der Waals surface area contributed by atoms with Crippen molar-refractivity contribution in [2.75, 3.05) is 18.6 Å². The first-order chi connectivity index (χ1) is 18.7. The number of methoxy groups -OCH3 is 1. The number of barbiturate groups is 1. The Morgan fingerprint density at radius 2 is 1.79 bits per heavy atom. The molecule has 0 radical (unpaired) electrons. The minimum atomic E-state index is -0.915. The lowest BCUT2D eigenvalue weighted by molar-refractivity contribution is -0.122. The summed E-state index contributed by atoms with van der Waals surface area (Å²) in [5, 5.41) is 2.37. The van der Waals surface area contributed by atoms with Gasteiger partial charge in [-0.2, -0.15) is 0 Å². The van der Waals surface area contributed by atoms with E-state index in [0.717, 1.165) is 16.0 Å². The zero-order valence-electron chi connectivity index (χ0n) is 21.4. The number of carbonyl (C=O) groups is 4. The first-order valence-electron chi connectivity index (χ1n) is 12.0. The van der Waals surface area contributed by atoms with Crippen LogP contribution in [0.1, 0.15) is 34.0 Å². The van der Waals surface area contributed by atoms with Gasteiger partial charge < -0.3 is 14.2 Å². The fraction of sp³-hybridized carbons (Fsp3) is 0.172. The number of imide groups is 2. The Labute approximate surface area is 229 Å². The van der Waals surface area contributed by atoms with Crippen molar-refractivity contribution in [3.8, 4) is 11.5 Å². The number of halogens is 1. The standard InChI is InChI=1S/C29H25ClN2O7/c1-4-38-28(35)20-8-10-21(11-9-20)32-27(34)22(26(33)31-29(32)36)13-19-14-23(30)25(24(15-19)37-3)39-16-18-7-5-6-17(2)12-18/h5-15H,4,16H2,1-3H3,(H,31,33,36)/b22-13+. The van der Waals surface area contributed by atoms with Gasteiger partial charge in [0, 0.05) is 0 Å². The van der Waals surface area contributed by atoms with Gasteiger partial charge in [-0.05, 0) is 67.4 Å². The van der Waals surface area contributed by atoms with Crippen LogP contribution in [0.2, 0.25) is 5.02 Å². The summed E-state index contributed by atoms with van der Waals surface area (Å²) in [7, 11) is 1.45. The molecule has 0 aliphatic carbocycles. The first kappa shape index (κ1) is 27.4. The number of carbonyl (C=O) groups excluding carboxylic acids is 4. The van der Waals surface area contributed by atoms with Gasteiger partial charge in [0.15, 0.2) is 11.5 Å². The highest BCUT2D eigenvalue weighted by molar-refractivity contribution is 6.39. The second kappa shape index (κ2) is 11.8. The van der Waals surface area contributed by atoms with Crippen molar-refractivity contribution in [2.24, 2.45) is 0 Å². The topological polar surface area (TPSA) is 111 Å². The van der Waals surface area contributed by atoms with Crippen LogP contribution in [0.5, 0.6) is 11.5 Å². The molecule has 0 saturated carbocycles. The molecule has 3 aromatic rings. The van der Waals surface area contributed by atoms with Crippen LogP contribution in [0.15, 0.2) is 66.2 Å². The molecule has 1 heterocycles. The predicted molar refractivity (Wildman–Crippen MR) is 145 cm³/mol. The van der Waals surface area contributed by atoms with Crippen molar-refractivity contribution in [1.82, 2.24) is 5.32 Å². The average molecular weight is 549 g/mol. The predicted octanol–water partition coefficient (Wildman–Crippen LogP) is 5.08. The van der Waals surface area contributed by atoms with E-state index < -0.39 is 23.8 Å². The molecule has 1 aliphatic rings. The molecule has 1 N–H and O–H groups in total. The van der Waals surface area contributed by atoms with Crippen LogP contribution in [-0.2, 0) is 20.9 Å². The van der Waals surface area contributed by atoms with Gasteiger partial charge in [0.05, 0.1) is 30.0 Å². The number of benzene rings is 3. The van der Waals surface area contributed by atoms with Crippen LogP contribution in [0.3, 0.4) is 0 Å². The molecule has 1 fully saturated rings. The highest BCUT2D eigenvalue weighted by atomic mass is 35.5. The van der Waals surface area contributed by atoms with Crippen LogP contribution >= 0.6 is 11.6 Å². The number of nitrogens with zero attached hydrogens (tertiary/aromatic N) is 1. The van der Waals surface area contributed by atoms with Crippen LogP contribution in [0, 0.1) is 6.92 Å². The van der Waals surface area contributed by atoms with Gasteiger partial charge in [0.1, 0.15) is 12.2 Å². The van der Waals surface area contributed by atoms with Crippen molar-refractivity contribution in [3.05, 3.63) is 93.5 Å². The second-order valence-corrected chi connectivity index (χ2v) is 8.94. The van der Waals surface area contributed by atoms with Crippen LogP contribution in [-0.4, -0.2) is 37.5 Å². The van der Waals surface area contributed by atoms with E-state index in [1.165, 1.54) is 43.5 Å². The van der Waals surface area contributed by atoms with E-state index in [-0.39, 0.29) is 35.1 Å². The molecular weight excluding hydrogens is 524 g/mol. The number of hydrogen-bond acceptors (Lipinski definition) is 7. The number of ether oxygens (including phenoxy) is 3. The molecule has 0 spiro atoms. The minimum absolute atomic E-state index is 0.166. The maximum atomic E-state index is 13.3. The molecule has 39 heavy (non-hydrogen) atoms. The van der Waals surface area contributed by atoms with E-state index in [4.69, 9.17) is 25.8 Å². The highest BCUT2D eigenvalue weighted by Crippen LogP contribution is 2.38. The zero-order valence-corrected chi connectivity index (χ0v) is 22.2. The Morgan fingerprint density at radius 1 is 1.05 bits per heavy atom. The molecule has 0 unspecified atom stereocenters. The van der Waals surface area contributed by atoms with Gasteiger partial charge in [-0.1, -0.05) is 41.4 Å². The monoisotopic (exact) mass is 548 g/mol. The van der Waals surface area contributed by atoms with Crippen molar-refractivity contribution < 1.29 is 33.4 Å². The molecule has 1 saturated heterocycles. The van der Waals surface area contributed by atoms with Gasteiger partial charge in [-0.15, -0.1) is 0 Å². The molecule has 1 aliphatic heterocycles. The Morgan fingerprint density at radius 3 is 2.46 bits per heavy atom. The summed E-state index contributed by atoms with van der Waals surface area (Å²) in [6, 6.07) is 15.7. The number of esters is 1. The average Bonchev–Trinajstić information content (AvgIpc) is 2.90. The maximum Gasteiger partial charge on any atom is 0.338 e. The number of anilines is 1. The van der Waals surface area contributed by atoms with Crippen LogP contribution < -0.4 is 19.7 Å². The number of aryl methyl sites for hydroxylation is 1. The lowest BCUT2D eigenvalue weighted by Gasteiger charge is -2.26. The van der Waals surface area contributed by atoms with Gasteiger partial charge in [0.25, 0.3) is 11.8 Å². The summed E-state index contributed by atoms with van der Waals surface area (Å²) in [4.78, 5) is 51.1. The summed E-state index contributed by atoms with van der Waals surface area (Å²) in [5.74, 6) is -1.64. The molecule has 4 rings (SSSR count). The third-order valence-corrected chi connectivity index (χ3v) is 6.05. The molecule has 9 nitrogen and oxygen atoms in total. The number of nitrogens with one attached hydrogen (secondary N) is 1. The summed E-state index contributed by atoms with van der Waals surface area (Å²) in [6.45, 7) is 4.13. The Bertz CT molecular complexity index is 1480. The van der Waals surface area contributed by atoms with Crippen molar-refractivity contribution >= 4 is 47.2 Å². The molecule has 3 aromatic carbocycles. The van der Waals surface area contributed by atoms with Gasteiger partial charge in [-0.3, -0.25) is 14.9 Å². The Kier molecular flexibility index (Phi) is 8.31. The largest absolute Gasteiger partial charge is 0.493 e. The lowest BCUT2D eigenvalue weighted by atomic mass is 10.1. The van der Waals surface area contributed by atoms with E-state index in [0.29, 0.717) is 17.1 Å². The molecule has 200 valence electrons. The normalized spacial score (nSPS) is 14.3. The summed E-state index contributed by atoms with van der Waals surface area (Å²) >= 11 is 6.49. The quantitative estimate of drug-likeness (QED) is 0.237. The lowest BCUT2D eigenvalue weighted by Crippen LogP contribution is -2.54. The van der Waals surface area contributed by atoms with Crippen molar-refractivity contribution in [2.45, 2.75) is 20.5 Å². The maximum absolute atomic E-state index is 13.3. The fourth-order valence-electron chi connectivity index (χ4n) is 3.94. The molecule has 10 heteroatoms. The molecule has 0 bridgehead atoms. The van der Waals surface area contributed by atoms with E-state index in [1.807, 2.05) is 31.2 Å². The van der Waals surface area contributed by atoms with Gasteiger partial charge >= 0.3 is 12.0 Å². The van der Waals surface area contributed by atoms with Gasteiger partial charge in [-0.25, -0.2) is 14.5 Å². The van der Waals surface area contributed by atoms with Crippen LogP contribution in [0.4, 0.5) is 10.5 Å². The first-order valence-corrected chi connectivity index (χ1v) is 12.3. The number of rotatable bonds is 8. The summed E-state index contributed by atoms with van der Waals surface area (Å²) < 4.78 is 16.3. The van der Waals surface area contributed by atoms with Gasteiger partial charge in [0.2, 0.25) is 0 Å². The third-order valence-electron chi connectivity index (χ3n) is 5.77. The fourth-order valence-corrected chi connectivity index (χ4v) is 4.21. The summed E-state index contributed by atoms with van der Waals surface area (Å²) in [6.07, 6.45) is 1.31. The Hall–Kier alpha value is -4.63. The minimum Gasteiger partial charge on any atom is -0.493 e.